The van der Waals surface area contributed by atoms with Crippen molar-refractivity contribution in [2.75, 3.05) is 0 Å². The van der Waals surface area contributed by atoms with Gasteiger partial charge >= 0.3 is 18.9 Å². The molecule has 0 saturated carbocycles. The summed E-state index contributed by atoms with van der Waals surface area (Å²) in [5.41, 5.74) is 17.5. The topological polar surface area (TPSA) is 97.5 Å². The van der Waals surface area contributed by atoms with Crippen molar-refractivity contribution in [2.45, 2.75) is 0 Å². The predicted octanol–water partition coefficient (Wildman–Crippen LogP) is -0.755. The third kappa shape index (κ3) is 10.6. The number of rotatable bonds is 4. The molecule has 0 amide bonds. The first-order valence-electron chi connectivity index (χ1n) is 2.25. The molecule has 0 bridgehead atoms. The number of nitrogens with zero attached hydrogens (tertiary/aromatic N) is 6. The third-order valence-electron chi connectivity index (χ3n) is 0.548. The summed E-state index contributed by atoms with van der Waals surface area (Å²) < 4.78 is 6.72. The Balaban J connectivity index is 0. The molecule has 0 fully saturated rings. The molecule has 6 nitrogen and oxygen atoms in total. The monoisotopic (exact) mass is 165 g/mol. The number of hydrogen-bond donors (Lipinski definition) is 0. The minimum Gasteiger partial charge on any atom is -0.132 e. The van der Waals surface area contributed by atoms with Crippen LogP contribution in [0.5, 0.6) is 0 Å². The average Bonchev–Trinajstić information content (AvgIpc) is 1.89. The molecular formula is CH6LiN6Si2. The molecule has 1 radical (unpaired) electrons. The van der Waals surface area contributed by atoms with Gasteiger partial charge in [-0.1, -0.05) is 5.67 Å². The molecule has 0 aliphatic heterocycles. The maximum Gasteiger partial charge on any atom is 0.123 e. The van der Waals surface area contributed by atoms with E-state index in [0.717, 1.165) is 0 Å². The summed E-state index contributed by atoms with van der Waals surface area (Å²) >= 11 is 0. The van der Waals surface area contributed by atoms with Gasteiger partial charge in [-0.05, 0) is 20.9 Å². The first-order valence-corrected chi connectivity index (χ1v) is 5.15. The van der Waals surface area contributed by atoms with Gasteiger partial charge in [-0.15, -0.1) is 9.56 Å². The van der Waals surface area contributed by atoms with Crippen LogP contribution in [0.3, 0.4) is 0 Å². The van der Waals surface area contributed by atoms with Gasteiger partial charge < -0.3 is 0 Å². The van der Waals surface area contributed by atoms with Gasteiger partial charge in [-0.3, -0.25) is 0 Å². The molecule has 0 aromatic rings. The molecule has 0 spiro atoms. The van der Waals surface area contributed by atoms with E-state index in [2.05, 4.69) is 19.4 Å². The summed E-state index contributed by atoms with van der Waals surface area (Å²) in [6.07, 6.45) is 0. The second-order valence-corrected chi connectivity index (χ2v) is 4.72. The molecule has 0 saturated heterocycles. The zero-order chi connectivity index (χ0) is 6.95. The van der Waals surface area contributed by atoms with Crippen molar-refractivity contribution in [3.05, 3.63) is 26.6 Å². The normalized spacial score (nSPS) is 8.80. The summed E-state index contributed by atoms with van der Waals surface area (Å²) in [6, 6.07) is 0. The summed E-state index contributed by atoms with van der Waals surface area (Å²) in [5.74, 6) is 0. The summed E-state index contributed by atoms with van der Waals surface area (Å²) in [7, 11) is -1.46. The van der Waals surface area contributed by atoms with E-state index in [4.69, 9.17) is 11.1 Å². The van der Waals surface area contributed by atoms with Crippen molar-refractivity contribution in [2.24, 2.45) is 9.56 Å². The zero-order valence-corrected chi connectivity index (χ0v) is 7.50. The molecule has 0 atom stereocenters. The van der Waals surface area contributed by atoms with Gasteiger partial charge in [0, 0.05) is 0 Å². The van der Waals surface area contributed by atoms with Gasteiger partial charge in [0.15, 0.2) is 0 Å². The van der Waals surface area contributed by atoms with E-state index in [9.17, 15) is 0 Å². The Morgan fingerprint density at radius 1 is 1.10 bits per heavy atom. The quantitative estimate of drug-likeness (QED) is 0.172. The molecular weight excluding hydrogens is 159 g/mol. The smallest absolute Gasteiger partial charge is 0.123 e. The minimum absolute atomic E-state index is 0. The Kier molecular flexibility index (Phi) is 14.1. The van der Waals surface area contributed by atoms with E-state index in [1.165, 1.54) is 0 Å². The number of hydrogen-bond acceptors (Lipinski definition) is 2. The van der Waals surface area contributed by atoms with Gasteiger partial charge in [-0.2, -0.15) is 0 Å². The van der Waals surface area contributed by atoms with Crippen molar-refractivity contribution < 1.29 is 0 Å². The maximum atomic E-state index is 7.81. The number of azide groups is 2. The molecule has 0 rings (SSSR count). The molecule has 49 valence electrons. The van der Waals surface area contributed by atoms with E-state index in [1.54, 1.807) is 0 Å². The van der Waals surface area contributed by atoms with E-state index in [1.807, 2.05) is 5.67 Å². The van der Waals surface area contributed by atoms with Crippen LogP contribution >= 0.6 is 0 Å². The largest absolute Gasteiger partial charge is 0.132 e. The van der Waals surface area contributed by atoms with Crippen LogP contribution in [-0.2, 0) is 0 Å². The molecule has 0 heterocycles. The molecule has 0 N–H and O–H groups in total. The molecule has 0 aliphatic carbocycles. The third-order valence-corrected chi connectivity index (χ3v) is 3.19. The van der Waals surface area contributed by atoms with Crippen molar-refractivity contribution in [1.82, 2.24) is 0 Å². The van der Waals surface area contributed by atoms with Crippen molar-refractivity contribution in [3.8, 4) is 0 Å². The van der Waals surface area contributed by atoms with Gasteiger partial charge in [0.05, 0.1) is 0 Å². The maximum absolute atomic E-state index is 7.81. The van der Waals surface area contributed by atoms with Gasteiger partial charge in [0.2, 0.25) is 0 Å². The minimum atomic E-state index is -0.729. The van der Waals surface area contributed by atoms with Crippen LogP contribution in [0.25, 0.3) is 20.9 Å². The summed E-state index contributed by atoms with van der Waals surface area (Å²) in [6.45, 7) is 0. The second-order valence-electron chi connectivity index (χ2n) is 1.12. The molecule has 0 aliphatic rings. The van der Waals surface area contributed by atoms with Gasteiger partial charge in [-0.25, -0.2) is 0 Å². The fraction of sp³-hybridized carbons (Fsp3) is 0. The van der Waals surface area contributed by atoms with E-state index >= 15 is 0 Å². The van der Waals surface area contributed by atoms with Crippen molar-refractivity contribution >= 4 is 38.2 Å². The van der Waals surface area contributed by atoms with Gasteiger partial charge in [0.25, 0.3) is 0 Å². The van der Waals surface area contributed by atoms with Crippen LogP contribution in [0, 0.1) is 5.67 Å². The van der Waals surface area contributed by atoms with E-state index in [0.29, 0.717) is 0 Å². The van der Waals surface area contributed by atoms with Gasteiger partial charge in [0.1, 0.15) is 19.4 Å². The molecule has 10 heavy (non-hydrogen) atoms. The Bertz CT molecular complexity index is 139. The van der Waals surface area contributed by atoms with Crippen LogP contribution in [-0.4, -0.2) is 38.2 Å². The summed E-state index contributed by atoms with van der Waals surface area (Å²) in [5, 5.41) is 0. The Morgan fingerprint density at radius 2 is 1.50 bits per heavy atom. The Hall–Kier alpha value is -0.349. The van der Waals surface area contributed by atoms with Crippen LogP contribution in [0.15, 0.2) is 9.56 Å². The van der Waals surface area contributed by atoms with Crippen LogP contribution in [0.2, 0.25) is 0 Å². The molecule has 0 aromatic heterocycles. The van der Waals surface area contributed by atoms with Crippen molar-refractivity contribution in [1.29, 1.82) is 0 Å². The Labute approximate surface area is 74.6 Å². The zero-order valence-electron chi connectivity index (χ0n) is 4.67. The fourth-order valence-corrected chi connectivity index (χ4v) is 1.78. The summed E-state index contributed by atoms with van der Waals surface area (Å²) in [4.78, 5) is 5.15. The first-order chi connectivity index (χ1) is 4.41. The van der Waals surface area contributed by atoms with Crippen LogP contribution in [0.4, 0.5) is 0 Å². The second kappa shape index (κ2) is 11.4. The standard InChI is InChI=1S/CH5N6Si2.Li.H/c2-4-6-8-1-9-7-5-3;;/h1H,8-9H2;;. The average molecular weight is 165 g/mol. The van der Waals surface area contributed by atoms with E-state index in [-0.39, 0.29) is 18.9 Å². The van der Waals surface area contributed by atoms with Crippen LogP contribution in [0.1, 0.15) is 0 Å². The Morgan fingerprint density at radius 3 is 1.80 bits per heavy atom. The van der Waals surface area contributed by atoms with E-state index < -0.39 is 19.4 Å². The first kappa shape index (κ1) is 12.3. The van der Waals surface area contributed by atoms with Crippen molar-refractivity contribution in [3.63, 3.8) is 0 Å². The molecule has 0 aromatic carbocycles. The molecule has 9 heteroatoms. The van der Waals surface area contributed by atoms with Crippen LogP contribution < -0.4 is 0 Å². The fourth-order valence-electron chi connectivity index (χ4n) is 0.246. The molecule has 0 unspecified atom stereocenters. The SMILES string of the molecule is [LiH].[N-]=[N+]=N[SiH2][CH][SiH2]N=[N+]=[N-]. The predicted molar refractivity (Wildman–Crippen MR) is 46.8 cm³/mol.